The van der Waals surface area contributed by atoms with Crippen LogP contribution in [-0.4, -0.2) is 30.4 Å². The van der Waals surface area contributed by atoms with Crippen molar-refractivity contribution in [3.63, 3.8) is 0 Å². The molecule has 0 bridgehead atoms. The van der Waals surface area contributed by atoms with Gasteiger partial charge in [-0.3, -0.25) is 9.69 Å². The van der Waals surface area contributed by atoms with Crippen LogP contribution in [0.2, 0.25) is 4.34 Å². The fourth-order valence-electron chi connectivity index (χ4n) is 3.19. The summed E-state index contributed by atoms with van der Waals surface area (Å²) in [6.07, 6.45) is 2.22. The molecule has 1 saturated heterocycles. The molecule has 0 aliphatic carbocycles. The summed E-state index contributed by atoms with van der Waals surface area (Å²) in [6.45, 7) is 7.85. The Hall–Kier alpha value is -1.30. The fraction of sp³-hybridized carbons (Fsp3) is 0.500. The van der Waals surface area contributed by atoms with E-state index in [0.717, 1.165) is 50.5 Å². The highest BCUT2D eigenvalue weighted by Crippen LogP contribution is 2.23. The minimum Gasteiger partial charge on any atom is -0.466 e. The summed E-state index contributed by atoms with van der Waals surface area (Å²) >= 11 is 7.20. The number of thiophene rings is 1. The second-order valence-electron chi connectivity index (χ2n) is 6.47. The van der Waals surface area contributed by atoms with E-state index in [1.807, 2.05) is 13.8 Å². The van der Waals surface area contributed by atoms with E-state index in [2.05, 4.69) is 16.3 Å². The molecular formula is C18H23ClN2O2S. The molecule has 0 aromatic carbocycles. The third kappa shape index (κ3) is 4.41. The molecule has 0 atom stereocenters. The first-order chi connectivity index (χ1) is 11.5. The number of nitrogens with one attached hydrogen (secondary N) is 1. The maximum absolute atomic E-state index is 12.1. The summed E-state index contributed by atoms with van der Waals surface area (Å²) < 4.78 is 6.25. The number of nitrogens with zero attached hydrogens (tertiary/aromatic N) is 1. The van der Waals surface area contributed by atoms with Crippen molar-refractivity contribution in [2.75, 3.05) is 19.6 Å². The van der Waals surface area contributed by atoms with Crippen molar-refractivity contribution in [1.82, 2.24) is 10.2 Å². The Morgan fingerprint density at radius 2 is 2.12 bits per heavy atom. The summed E-state index contributed by atoms with van der Waals surface area (Å²) in [7, 11) is 0. The molecule has 0 unspecified atom stereocenters. The molecule has 1 aliphatic heterocycles. The molecule has 24 heavy (non-hydrogen) atoms. The topological polar surface area (TPSA) is 45.5 Å². The first kappa shape index (κ1) is 17.5. The quantitative estimate of drug-likeness (QED) is 0.860. The van der Waals surface area contributed by atoms with Gasteiger partial charge in [0.2, 0.25) is 0 Å². The zero-order valence-corrected chi connectivity index (χ0v) is 15.7. The normalized spacial score (nSPS) is 16.5. The number of furan rings is 1. The van der Waals surface area contributed by atoms with Crippen LogP contribution in [0.1, 0.15) is 39.6 Å². The average molecular weight is 367 g/mol. The van der Waals surface area contributed by atoms with Gasteiger partial charge in [0.1, 0.15) is 11.5 Å². The summed E-state index contributed by atoms with van der Waals surface area (Å²) in [5, 5.41) is 3.04. The molecule has 2 aromatic heterocycles. The smallest absolute Gasteiger partial charge is 0.261 e. The number of carbonyl (C=O) groups is 1. The van der Waals surface area contributed by atoms with Gasteiger partial charge in [-0.15, -0.1) is 11.3 Å². The number of carbonyl (C=O) groups excluding carboxylic acids is 1. The lowest BCUT2D eigenvalue weighted by molar-refractivity contribution is 0.0939. The van der Waals surface area contributed by atoms with Gasteiger partial charge in [-0.1, -0.05) is 11.6 Å². The molecule has 1 aliphatic rings. The van der Waals surface area contributed by atoms with Gasteiger partial charge in [-0.25, -0.2) is 0 Å². The van der Waals surface area contributed by atoms with E-state index < -0.39 is 0 Å². The number of piperidine rings is 1. The van der Waals surface area contributed by atoms with E-state index in [4.69, 9.17) is 16.0 Å². The number of rotatable bonds is 5. The molecule has 0 spiro atoms. The van der Waals surface area contributed by atoms with Crippen molar-refractivity contribution in [2.24, 2.45) is 5.92 Å². The van der Waals surface area contributed by atoms with Crippen LogP contribution in [0.15, 0.2) is 22.6 Å². The molecule has 1 fully saturated rings. The number of aryl methyl sites for hydroxylation is 2. The molecule has 6 heteroatoms. The van der Waals surface area contributed by atoms with E-state index in [1.165, 1.54) is 16.9 Å². The standard InChI is InChI=1S/C18H23ClN2O2S/c1-12-9-15(13(2)23-12)11-21-7-5-14(6-8-21)10-20-18(22)16-3-4-17(19)24-16/h3-4,9,14H,5-8,10-11H2,1-2H3,(H,20,22). The zero-order valence-electron chi connectivity index (χ0n) is 14.1. The Bertz CT molecular complexity index is 702. The first-order valence-electron chi connectivity index (χ1n) is 8.33. The van der Waals surface area contributed by atoms with Crippen LogP contribution in [0, 0.1) is 19.8 Å². The van der Waals surface area contributed by atoms with Crippen LogP contribution < -0.4 is 5.32 Å². The maximum Gasteiger partial charge on any atom is 0.261 e. The molecule has 3 rings (SSSR count). The van der Waals surface area contributed by atoms with Crippen LogP contribution in [0.25, 0.3) is 0 Å². The largest absolute Gasteiger partial charge is 0.466 e. The number of halogens is 1. The SMILES string of the molecule is Cc1cc(CN2CCC(CNC(=O)c3ccc(Cl)s3)CC2)c(C)o1. The lowest BCUT2D eigenvalue weighted by atomic mass is 9.96. The third-order valence-electron chi connectivity index (χ3n) is 4.59. The number of likely N-dealkylation sites (tertiary alicyclic amines) is 1. The predicted octanol–water partition coefficient (Wildman–Crippen LogP) is 4.25. The van der Waals surface area contributed by atoms with Gasteiger partial charge in [-0.2, -0.15) is 0 Å². The highest BCUT2D eigenvalue weighted by atomic mass is 35.5. The predicted molar refractivity (Wildman–Crippen MR) is 97.8 cm³/mol. The number of hydrogen-bond acceptors (Lipinski definition) is 4. The zero-order chi connectivity index (χ0) is 17.1. The van der Waals surface area contributed by atoms with Crippen molar-refractivity contribution in [1.29, 1.82) is 0 Å². The van der Waals surface area contributed by atoms with E-state index in [-0.39, 0.29) is 5.91 Å². The average Bonchev–Trinajstić information content (AvgIpc) is 3.12. The summed E-state index contributed by atoms with van der Waals surface area (Å²) in [6, 6.07) is 5.67. The van der Waals surface area contributed by atoms with Crippen molar-refractivity contribution >= 4 is 28.8 Å². The van der Waals surface area contributed by atoms with Gasteiger partial charge >= 0.3 is 0 Å². The van der Waals surface area contributed by atoms with Crippen molar-refractivity contribution in [3.05, 3.63) is 44.5 Å². The Balaban J connectivity index is 1.42. The van der Waals surface area contributed by atoms with Crippen LogP contribution in [0.3, 0.4) is 0 Å². The molecular weight excluding hydrogens is 344 g/mol. The molecule has 130 valence electrons. The third-order valence-corrected chi connectivity index (χ3v) is 5.82. The van der Waals surface area contributed by atoms with Crippen LogP contribution >= 0.6 is 22.9 Å². The second-order valence-corrected chi connectivity index (χ2v) is 8.19. The molecule has 1 N–H and O–H groups in total. The van der Waals surface area contributed by atoms with E-state index in [9.17, 15) is 4.79 Å². The van der Waals surface area contributed by atoms with Crippen LogP contribution in [0.4, 0.5) is 0 Å². The summed E-state index contributed by atoms with van der Waals surface area (Å²) in [5.41, 5.74) is 1.29. The molecule has 1 amide bonds. The van der Waals surface area contributed by atoms with Crippen molar-refractivity contribution in [2.45, 2.75) is 33.2 Å². The molecule has 2 aromatic rings. The molecule has 0 saturated carbocycles. The summed E-state index contributed by atoms with van der Waals surface area (Å²) in [5.74, 6) is 2.54. The van der Waals surface area contributed by atoms with E-state index >= 15 is 0 Å². The van der Waals surface area contributed by atoms with Gasteiger partial charge in [0.25, 0.3) is 5.91 Å². The summed E-state index contributed by atoms with van der Waals surface area (Å²) in [4.78, 5) is 15.2. The minimum absolute atomic E-state index is 0.0150. The maximum atomic E-state index is 12.1. The van der Waals surface area contributed by atoms with Crippen molar-refractivity contribution < 1.29 is 9.21 Å². The van der Waals surface area contributed by atoms with E-state index in [1.54, 1.807) is 12.1 Å². The first-order valence-corrected chi connectivity index (χ1v) is 9.52. The van der Waals surface area contributed by atoms with Gasteiger partial charge in [-0.05, 0) is 63.9 Å². The Morgan fingerprint density at radius 1 is 1.38 bits per heavy atom. The van der Waals surface area contributed by atoms with Gasteiger partial charge in [0, 0.05) is 18.7 Å². The van der Waals surface area contributed by atoms with E-state index in [0.29, 0.717) is 15.1 Å². The molecule has 3 heterocycles. The van der Waals surface area contributed by atoms with Gasteiger partial charge < -0.3 is 9.73 Å². The lowest BCUT2D eigenvalue weighted by Crippen LogP contribution is -2.38. The van der Waals surface area contributed by atoms with Gasteiger partial charge in [0.05, 0.1) is 9.21 Å². The van der Waals surface area contributed by atoms with Crippen LogP contribution in [0.5, 0.6) is 0 Å². The highest BCUT2D eigenvalue weighted by Gasteiger charge is 2.21. The second kappa shape index (κ2) is 7.72. The highest BCUT2D eigenvalue weighted by molar-refractivity contribution is 7.17. The molecule has 0 radical (unpaired) electrons. The van der Waals surface area contributed by atoms with Crippen molar-refractivity contribution in [3.8, 4) is 0 Å². The molecule has 4 nitrogen and oxygen atoms in total. The Morgan fingerprint density at radius 3 is 2.71 bits per heavy atom. The minimum atomic E-state index is -0.0150. The fourth-order valence-corrected chi connectivity index (χ4v) is 4.15. The lowest BCUT2D eigenvalue weighted by Gasteiger charge is -2.31. The number of hydrogen-bond donors (Lipinski definition) is 1. The number of amides is 1. The van der Waals surface area contributed by atoms with Crippen LogP contribution in [-0.2, 0) is 6.54 Å². The monoisotopic (exact) mass is 366 g/mol. The Labute approximate surface area is 151 Å². The Kier molecular flexibility index (Phi) is 5.64. The van der Waals surface area contributed by atoms with Gasteiger partial charge in [0.15, 0.2) is 0 Å².